The van der Waals surface area contributed by atoms with Crippen molar-refractivity contribution in [2.75, 3.05) is 12.3 Å². The van der Waals surface area contributed by atoms with E-state index < -0.39 is 11.8 Å². The van der Waals surface area contributed by atoms with Gasteiger partial charge in [-0.05, 0) is 37.5 Å². The zero-order valence-corrected chi connectivity index (χ0v) is 12.5. The molecule has 2 aromatic rings. The number of aryl methyl sites for hydroxylation is 1. The van der Waals surface area contributed by atoms with Gasteiger partial charge >= 0.3 is 5.97 Å². The Hall–Kier alpha value is -1.67. The standard InChI is InChI=1S/C12H12FN3O2S2/c1-3-18-11(17)7-4-10(8(13)5-9(7)14)19-12-15-6(2)16-20-12/h4-5H,3,14H2,1-2H3. The van der Waals surface area contributed by atoms with E-state index in [-0.39, 0.29) is 22.8 Å². The van der Waals surface area contributed by atoms with Crippen molar-refractivity contribution in [3.63, 3.8) is 0 Å². The number of rotatable bonds is 4. The topological polar surface area (TPSA) is 78.1 Å². The zero-order chi connectivity index (χ0) is 14.7. The number of hydrogen-bond acceptors (Lipinski definition) is 7. The van der Waals surface area contributed by atoms with Crippen LogP contribution in [0.5, 0.6) is 0 Å². The van der Waals surface area contributed by atoms with Crippen LogP contribution in [0, 0.1) is 12.7 Å². The summed E-state index contributed by atoms with van der Waals surface area (Å²) in [6.07, 6.45) is 0. The van der Waals surface area contributed by atoms with E-state index in [1.807, 2.05) is 0 Å². The summed E-state index contributed by atoms with van der Waals surface area (Å²) < 4.78 is 23.4. The number of esters is 1. The van der Waals surface area contributed by atoms with Gasteiger partial charge in [0.15, 0.2) is 4.34 Å². The van der Waals surface area contributed by atoms with Crippen molar-refractivity contribution in [2.45, 2.75) is 23.1 Å². The quantitative estimate of drug-likeness (QED) is 0.691. The first-order valence-corrected chi connectivity index (χ1v) is 7.34. The van der Waals surface area contributed by atoms with Crippen LogP contribution in [0.15, 0.2) is 21.4 Å². The monoisotopic (exact) mass is 313 g/mol. The van der Waals surface area contributed by atoms with Crippen LogP contribution < -0.4 is 5.73 Å². The van der Waals surface area contributed by atoms with Crippen LogP contribution in [0.1, 0.15) is 23.1 Å². The largest absolute Gasteiger partial charge is 0.462 e. The third-order valence-corrected chi connectivity index (χ3v) is 4.18. The van der Waals surface area contributed by atoms with Crippen molar-refractivity contribution in [2.24, 2.45) is 0 Å². The average Bonchev–Trinajstić information content (AvgIpc) is 2.78. The Bertz CT molecular complexity index is 646. The molecule has 0 radical (unpaired) electrons. The second-order valence-electron chi connectivity index (χ2n) is 3.80. The number of nitrogen functional groups attached to an aromatic ring is 1. The number of aromatic nitrogens is 2. The van der Waals surface area contributed by atoms with Gasteiger partial charge in [-0.2, -0.15) is 4.37 Å². The van der Waals surface area contributed by atoms with Gasteiger partial charge < -0.3 is 10.5 Å². The summed E-state index contributed by atoms with van der Waals surface area (Å²) in [5.41, 5.74) is 5.85. The van der Waals surface area contributed by atoms with Crippen molar-refractivity contribution >= 4 is 35.0 Å². The summed E-state index contributed by atoms with van der Waals surface area (Å²) in [6, 6.07) is 2.49. The average molecular weight is 313 g/mol. The molecule has 0 fully saturated rings. The number of ether oxygens (including phenoxy) is 1. The Labute approximate surface area is 123 Å². The van der Waals surface area contributed by atoms with E-state index in [2.05, 4.69) is 9.36 Å². The molecule has 0 aliphatic carbocycles. The molecular formula is C12H12FN3O2S2. The van der Waals surface area contributed by atoms with Gasteiger partial charge in [-0.15, -0.1) is 0 Å². The first-order chi connectivity index (χ1) is 9.51. The van der Waals surface area contributed by atoms with Gasteiger partial charge in [0.2, 0.25) is 0 Å². The number of nitrogens with two attached hydrogens (primary N) is 1. The first-order valence-electron chi connectivity index (χ1n) is 5.75. The fourth-order valence-electron chi connectivity index (χ4n) is 1.45. The number of anilines is 1. The molecule has 0 unspecified atom stereocenters. The smallest absolute Gasteiger partial charge is 0.340 e. The lowest BCUT2D eigenvalue weighted by atomic mass is 10.2. The molecule has 0 spiro atoms. The van der Waals surface area contributed by atoms with Gasteiger partial charge in [0, 0.05) is 5.69 Å². The summed E-state index contributed by atoms with van der Waals surface area (Å²) in [6.45, 7) is 3.68. The number of carbonyl (C=O) groups excluding carboxylic acids is 1. The maximum atomic E-state index is 13.9. The van der Waals surface area contributed by atoms with Crippen molar-refractivity contribution in [3.8, 4) is 0 Å². The molecule has 0 saturated carbocycles. The summed E-state index contributed by atoms with van der Waals surface area (Å²) in [7, 11) is 0. The molecule has 0 bridgehead atoms. The second kappa shape index (κ2) is 6.19. The van der Waals surface area contributed by atoms with Crippen LogP contribution in [-0.4, -0.2) is 21.9 Å². The summed E-state index contributed by atoms with van der Waals surface area (Å²) in [4.78, 5) is 16.1. The predicted octanol–water partition coefficient (Wildman–Crippen LogP) is 2.90. The lowest BCUT2D eigenvalue weighted by molar-refractivity contribution is 0.0527. The van der Waals surface area contributed by atoms with Crippen LogP contribution in [0.4, 0.5) is 10.1 Å². The molecule has 0 atom stereocenters. The maximum absolute atomic E-state index is 13.9. The lowest BCUT2D eigenvalue weighted by Crippen LogP contribution is -2.08. The molecule has 1 heterocycles. The van der Waals surface area contributed by atoms with E-state index in [0.717, 1.165) is 17.8 Å². The summed E-state index contributed by atoms with van der Waals surface area (Å²) >= 11 is 2.27. The highest BCUT2D eigenvalue weighted by Crippen LogP contribution is 2.33. The number of carbonyl (C=O) groups is 1. The first kappa shape index (κ1) is 14.7. The van der Waals surface area contributed by atoms with Crippen molar-refractivity contribution in [1.29, 1.82) is 0 Å². The maximum Gasteiger partial charge on any atom is 0.340 e. The third-order valence-electron chi connectivity index (χ3n) is 2.31. The highest BCUT2D eigenvalue weighted by molar-refractivity contribution is 8.01. The SMILES string of the molecule is CCOC(=O)c1cc(Sc2nc(C)ns2)c(F)cc1N. The highest BCUT2D eigenvalue weighted by atomic mass is 32.2. The normalized spacial score (nSPS) is 10.6. The fourth-order valence-corrected chi connectivity index (χ4v) is 3.10. The van der Waals surface area contributed by atoms with Crippen molar-refractivity contribution in [1.82, 2.24) is 9.36 Å². The molecule has 1 aromatic heterocycles. The summed E-state index contributed by atoms with van der Waals surface area (Å²) in [5, 5.41) is 0. The fraction of sp³-hybridized carbons (Fsp3) is 0.250. The molecule has 1 aromatic carbocycles. The molecule has 0 aliphatic heterocycles. The van der Waals surface area contributed by atoms with E-state index in [1.54, 1.807) is 13.8 Å². The van der Waals surface area contributed by atoms with E-state index >= 15 is 0 Å². The van der Waals surface area contributed by atoms with E-state index in [9.17, 15) is 9.18 Å². The van der Waals surface area contributed by atoms with Gasteiger partial charge in [-0.1, -0.05) is 11.8 Å². The number of hydrogen-bond donors (Lipinski definition) is 1. The molecule has 20 heavy (non-hydrogen) atoms. The Balaban J connectivity index is 2.33. The van der Waals surface area contributed by atoms with Crippen molar-refractivity contribution in [3.05, 3.63) is 29.3 Å². The van der Waals surface area contributed by atoms with Crippen LogP contribution in [0.2, 0.25) is 0 Å². The minimum absolute atomic E-state index is 0.0544. The molecule has 0 amide bonds. The van der Waals surface area contributed by atoms with E-state index in [1.165, 1.54) is 17.6 Å². The minimum atomic E-state index is -0.569. The Morgan fingerprint density at radius 2 is 2.30 bits per heavy atom. The van der Waals surface area contributed by atoms with Crippen LogP contribution in [0.25, 0.3) is 0 Å². The second-order valence-corrected chi connectivity index (χ2v) is 5.84. The molecule has 2 N–H and O–H groups in total. The van der Waals surface area contributed by atoms with Gasteiger partial charge in [0.25, 0.3) is 0 Å². The zero-order valence-electron chi connectivity index (χ0n) is 10.8. The Morgan fingerprint density at radius 3 is 2.90 bits per heavy atom. The number of nitrogens with zero attached hydrogens (tertiary/aromatic N) is 2. The van der Waals surface area contributed by atoms with Gasteiger partial charge in [0.05, 0.1) is 17.1 Å². The van der Waals surface area contributed by atoms with Crippen molar-refractivity contribution < 1.29 is 13.9 Å². The molecule has 106 valence electrons. The van der Waals surface area contributed by atoms with Gasteiger partial charge in [-0.3, -0.25) is 0 Å². The molecule has 0 aliphatic rings. The molecule has 5 nitrogen and oxygen atoms in total. The van der Waals surface area contributed by atoms with Gasteiger partial charge in [0.1, 0.15) is 11.6 Å². The Morgan fingerprint density at radius 1 is 1.55 bits per heavy atom. The van der Waals surface area contributed by atoms with E-state index in [4.69, 9.17) is 10.5 Å². The van der Waals surface area contributed by atoms with Gasteiger partial charge in [-0.25, -0.2) is 14.2 Å². The number of halogens is 1. The molecule has 0 saturated heterocycles. The predicted molar refractivity (Wildman–Crippen MR) is 75.5 cm³/mol. The molecule has 8 heteroatoms. The third kappa shape index (κ3) is 3.26. The van der Waals surface area contributed by atoms with Crippen LogP contribution in [-0.2, 0) is 4.74 Å². The summed E-state index contributed by atoms with van der Waals surface area (Å²) in [5.74, 6) is -0.451. The van der Waals surface area contributed by atoms with Crippen LogP contribution >= 0.6 is 23.3 Å². The highest BCUT2D eigenvalue weighted by Gasteiger charge is 2.17. The number of benzene rings is 1. The van der Waals surface area contributed by atoms with Crippen LogP contribution in [0.3, 0.4) is 0 Å². The molecular weight excluding hydrogens is 301 g/mol. The minimum Gasteiger partial charge on any atom is -0.462 e. The lowest BCUT2D eigenvalue weighted by Gasteiger charge is -2.08. The Kier molecular flexibility index (Phi) is 4.56. The van der Waals surface area contributed by atoms with E-state index in [0.29, 0.717) is 10.2 Å². The molecule has 2 rings (SSSR count).